The Balaban J connectivity index is 2.12. The first kappa shape index (κ1) is 15.0. The van der Waals surface area contributed by atoms with E-state index in [9.17, 15) is 4.79 Å². The third-order valence-electron chi connectivity index (χ3n) is 3.13. The number of likely N-dealkylation sites (N-methyl/N-ethyl adjacent to an activating group) is 1. The maximum Gasteiger partial charge on any atom is 0.245 e. The highest BCUT2D eigenvalue weighted by atomic mass is 35.5. The van der Waals surface area contributed by atoms with Crippen molar-refractivity contribution in [2.75, 3.05) is 6.54 Å². The number of nitrogens with zero attached hydrogens (tertiary/aromatic N) is 1. The van der Waals surface area contributed by atoms with Gasteiger partial charge in [-0.25, -0.2) is 0 Å². The number of benzene rings is 1. The number of hydrogen-bond donors (Lipinski definition) is 1. The Kier molecular flexibility index (Phi) is 5.17. The van der Waals surface area contributed by atoms with Crippen molar-refractivity contribution in [1.82, 2.24) is 4.90 Å². The van der Waals surface area contributed by atoms with Crippen LogP contribution in [0.2, 0.25) is 5.02 Å². The quantitative estimate of drug-likeness (QED) is 0.919. The highest BCUT2D eigenvalue weighted by molar-refractivity contribution is 7.10. The molecule has 106 valence electrons. The summed E-state index contributed by atoms with van der Waals surface area (Å²) < 4.78 is 0. The van der Waals surface area contributed by atoms with Crippen molar-refractivity contribution < 1.29 is 4.79 Å². The van der Waals surface area contributed by atoms with Gasteiger partial charge in [-0.2, -0.15) is 0 Å². The molecule has 2 aromatic rings. The van der Waals surface area contributed by atoms with Gasteiger partial charge in [-0.15, -0.1) is 11.3 Å². The van der Waals surface area contributed by atoms with Crippen LogP contribution >= 0.6 is 22.9 Å². The van der Waals surface area contributed by atoms with Crippen LogP contribution in [0.1, 0.15) is 23.4 Å². The van der Waals surface area contributed by atoms with Gasteiger partial charge in [-0.3, -0.25) is 4.79 Å². The fourth-order valence-corrected chi connectivity index (χ4v) is 2.88. The smallest absolute Gasteiger partial charge is 0.245 e. The second kappa shape index (κ2) is 6.88. The van der Waals surface area contributed by atoms with Crippen molar-refractivity contribution >= 4 is 28.8 Å². The number of hydrogen-bond acceptors (Lipinski definition) is 3. The van der Waals surface area contributed by atoms with Gasteiger partial charge in [0.15, 0.2) is 0 Å². The SMILES string of the molecule is CCN(Cc1ccccc1Cl)C(=O)C(N)c1cccs1. The number of carbonyl (C=O) groups excluding carboxylic acids is 1. The Morgan fingerprint density at radius 2 is 2.10 bits per heavy atom. The van der Waals surface area contributed by atoms with Gasteiger partial charge in [0.25, 0.3) is 0 Å². The minimum atomic E-state index is -0.600. The maximum absolute atomic E-state index is 12.5. The lowest BCUT2D eigenvalue weighted by Crippen LogP contribution is -2.37. The molecular formula is C15H17ClN2OS. The minimum absolute atomic E-state index is 0.0742. The van der Waals surface area contributed by atoms with Gasteiger partial charge in [0.05, 0.1) is 0 Å². The first-order chi connectivity index (χ1) is 9.63. The molecular weight excluding hydrogens is 292 g/mol. The van der Waals surface area contributed by atoms with Gasteiger partial charge < -0.3 is 10.6 Å². The van der Waals surface area contributed by atoms with Crippen LogP contribution in [0.4, 0.5) is 0 Å². The largest absolute Gasteiger partial charge is 0.337 e. The van der Waals surface area contributed by atoms with Gasteiger partial charge >= 0.3 is 0 Å². The summed E-state index contributed by atoms with van der Waals surface area (Å²) in [6, 6.07) is 10.7. The molecule has 1 amide bonds. The van der Waals surface area contributed by atoms with Crippen LogP contribution in [-0.4, -0.2) is 17.4 Å². The molecule has 20 heavy (non-hydrogen) atoms. The van der Waals surface area contributed by atoms with Crippen molar-refractivity contribution in [2.45, 2.75) is 19.5 Å². The molecule has 0 fully saturated rings. The van der Waals surface area contributed by atoms with Crippen LogP contribution < -0.4 is 5.73 Å². The van der Waals surface area contributed by atoms with Gasteiger partial charge in [-0.05, 0) is 30.0 Å². The van der Waals surface area contributed by atoms with Gasteiger partial charge in [0.1, 0.15) is 6.04 Å². The van der Waals surface area contributed by atoms with Crippen LogP contribution in [0.15, 0.2) is 41.8 Å². The Morgan fingerprint density at radius 3 is 2.70 bits per heavy atom. The average molecular weight is 309 g/mol. The van der Waals surface area contributed by atoms with E-state index in [0.29, 0.717) is 18.1 Å². The third-order valence-corrected chi connectivity index (χ3v) is 4.45. The zero-order valence-corrected chi connectivity index (χ0v) is 12.8. The molecule has 1 aromatic heterocycles. The normalized spacial score (nSPS) is 12.2. The van der Waals surface area contributed by atoms with E-state index in [-0.39, 0.29) is 5.91 Å². The standard InChI is InChI=1S/C15H17ClN2OS/c1-2-18(10-11-6-3-4-7-12(11)16)15(19)14(17)13-8-5-9-20-13/h3-9,14H,2,10,17H2,1H3. The fraction of sp³-hybridized carbons (Fsp3) is 0.267. The Labute approximate surface area is 128 Å². The molecule has 1 atom stereocenters. The highest BCUT2D eigenvalue weighted by Crippen LogP contribution is 2.22. The van der Waals surface area contributed by atoms with E-state index in [0.717, 1.165) is 10.4 Å². The molecule has 1 heterocycles. The molecule has 0 saturated carbocycles. The van der Waals surface area contributed by atoms with E-state index >= 15 is 0 Å². The number of nitrogens with two attached hydrogens (primary N) is 1. The van der Waals surface area contributed by atoms with Crippen LogP contribution in [0.3, 0.4) is 0 Å². The molecule has 0 radical (unpaired) electrons. The van der Waals surface area contributed by atoms with E-state index in [2.05, 4.69) is 0 Å². The summed E-state index contributed by atoms with van der Waals surface area (Å²) in [5, 5.41) is 2.59. The maximum atomic E-state index is 12.5. The molecule has 0 spiro atoms. The summed E-state index contributed by atoms with van der Waals surface area (Å²) in [6.07, 6.45) is 0. The zero-order valence-electron chi connectivity index (χ0n) is 11.3. The second-order valence-electron chi connectivity index (χ2n) is 4.44. The molecule has 0 saturated heterocycles. The minimum Gasteiger partial charge on any atom is -0.337 e. The van der Waals surface area contributed by atoms with Crippen molar-refractivity contribution in [2.24, 2.45) is 5.73 Å². The molecule has 2 rings (SSSR count). The van der Waals surface area contributed by atoms with Crippen molar-refractivity contribution in [1.29, 1.82) is 0 Å². The summed E-state index contributed by atoms with van der Waals surface area (Å²) in [5.41, 5.74) is 6.97. The van der Waals surface area contributed by atoms with E-state index in [1.807, 2.05) is 48.7 Å². The molecule has 3 nitrogen and oxygen atoms in total. The monoisotopic (exact) mass is 308 g/mol. The van der Waals surface area contributed by atoms with Crippen LogP contribution in [-0.2, 0) is 11.3 Å². The summed E-state index contributed by atoms with van der Waals surface area (Å²) in [4.78, 5) is 15.1. The van der Waals surface area contributed by atoms with Crippen LogP contribution in [0.25, 0.3) is 0 Å². The van der Waals surface area contributed by atoms with E-state index in [1.54, 1.807) is 4.90 Å². The molecule has 5 heteroatoms. The Morgan fingerprint density at radius 1 is 1.35 bits per heavy atom. The fourth-order valence-electron chi connectivity index (χ4n) is 1.96. The molecule has 0 aliphatic carbocycles. The zero-order chi connectivity index (χ0) is 14.5. The average Bonchev–Trinajstić information content (AvgIpc) is 2.99. The number of halogens is 1. The summed E-state index contributed by atoms with van der Waals surface area (Å²) >= 11 is 7.64. The predicted octanol–water partition coefficient (Wildman–Crippen LogP) is 3.45. The topological polar surface area (TPSA) is 46.3 Å². The molecule has 2 N–H and O–H groups in total. The van der Waals surface area contributed by atoms with Gasteiger partial charge in [-0.1, -0.05) is 35.9 Å². The van der Waals surface area contributed by atoms with E-state index in [1.165, 1.54) is 11.3 Å². The summed E-state index contributed by atoms with van der Waals surface area (Å²) in [5.74, 6) is -0.0742. The van der Waals surface area contributed by atoms with Crippen LogP contribution in [0, 0.1) is 0 Å². The lowest BCUT2D eigenvalue weighted by Gasteiger charge is -2.24. The lowest BCUT2D eigenvalue weighted by molar-refractivity contribution is -0.133. The first-order valence-electron chi connectivity index (χ1n) is 6.44. The molecule has 0 bridgehead atoms. The van der Waals surface area contributed by atoms with Crippen molar-refractivity contribution in [3.63, 3.8) is 0 Å². The highest BCUT2D eigenvalue weighted by Gasteiger charge is 2.22. The third kappa shape index (κ3) is 3.39. The first-order valence-corrected chi connectivity index (χ1v) is 7.70. The number of amides is 1. The predicted molar refractivity (Wildman–Crippen MR) is 83.8 cm³/mol. The number of carbonyl (C=O) groups is 1. The lowest BCUT2D eigenvalue weighted by atomic mass is 10.1. The summed E-state index contributed by atoms with van der Waals surface area (Å²) in [6.45, 7) is 3.02. The van der Waals surface area contributed by atoms with Crippen molar-refractivity contribution in [3.8, 4) is 0 Å². The van der Waals surface area contributed by atoms with Gasteiger partial charge in [0, 0.05) is 23.0 Å². The Hall–Kier alpha value is -1.36. The van der Waals surface area contributed by atoms with E-state index in [4.69, 9.17) is 17.3 Å². The van der Waals surface area contributed by atoms with Gasteiger partial charge in [0.2, 0.25) is 5.91 Å². The molecule has 0 aliphatic heterocycles. The molecule has 1 aromatic carbocycles. The molecule has 0 aliphatic rings. The number of thiophene rings is 1. The van der Waals surface area contributed by atoms with Crippen molar-refractivity contribution in [3.05, 3.63) is 57.2 Å². The van der Waals surface area contributed by atoms with Crippen LogP contribution in [0.5, 0.6) is 0 Å². The second-order valence-corrected chi connectivity index (χ2v) is 5.82. The molecule has 1 unspecified atom stereocenters. The van der Waals surface area contributed by atoms with E-state index < -0.39 is 6.04 Å². The Bertz CT molecular complexity index is 571. The summed E-state index contributed by atoms with van der Waals surface area (Å²) in [7, 11) is 0. The number of rotatable bonds is 5.